The van der Waals surface area contributed by atoms with E-state index < -0.39 is 41.3 Å². The second-order valence-corrected chi connectivity index (χ2v) is 9.20. The maximum Gasteiger partial charge on any atom is 0.416 e. The lowest BCUT2D eigenvalue weighted by molar-refractivity contribution is -0.143. The Morgan fingerprint density at radius 3 is 2.65 bits per heavy atom. The largest absolute Gasteiger partial charge is 0.416 e. The first kappa shape index (κ1) is 24.0. The summed E-state index contributed by atoms with van der Waals surface area (Å²) in [6.45, 7) is 2.23. The van der Waals surface area contributed by atoms with Crippen molar-refractivity contribution in [3.63, 3.8) is 0 Å². The molecule has 7 nitrogen and oxygen atoms in total. The molecule has 2 fully saturated rings. The zero-order valence-electron chi connectivity index (χ0n) is 19.1. The number of likely N-dealkylation sites (tertiary alicyclic amines) is 1. The van der Waals surface area contributed by atoms with Crippen LogP contribution in [0.3, 0.4) is 0 Å². The first-order valence-electron chi connectivity index (χ1n) is 11.4. The van der Waals surface area contributed by atoms with E-state index in [1.807, 2.05) is 13.0 Å². The highest BCUT2D eigenvalue weighted by Gasteiger charge is 2.57. The number of imide groups is 1. The van der Waals surface area contributed by atoms with E-state index >= 15 is 0 Å². The van der Waals surface area contributed by atoms with Gasteiger partial charge < -0.3 is 4.90 Å². The number of hydrogen-bond donors (Lipinski definition) is 1. The lowest BCUT2D eigenvalue weighted by Gasteiger charge is -2.29. The molecule has 2 aliphatic rings. The fourth-order valence-electron chi connectivity index (χ4n) is 4.54. The van der Waals surface area contributed by atoms with Gasteiger partial charge in [-0.25, -0.2) is 0 Å². The van der Waals surface area contributed by atoms with Gasteiger partial charge in [0.2, 0.25) is 17.7 Å². The molecule has 4 rings (SSSR count). The molecule has 1 atom stereocenters. The number of benzene rings is 1. The van der Waals surface area contributed by atoms with Crippen molar-refractivity contribution >= 4 is 17.7 Å². The third-order valence-corrected chi connectivity index (χ3v) is 6.48. The molecule has 0 bridgehead atoms. The van der Waals surface area contributed by atoms with Crippen molar-refractivity contribution in [3.05, 3.63) is 52.8 Å². The van der Waals surface area contributed by atoms with Gasteiger partial charge in [0.05, 0.1) is 28.9 Å². The van der Waals surface area contributed by atoms with Gasteiger partial charge in [-0.3, -0.25) is 24.4 Å². The van der Waals surface area contributed by atoms with Crippen molar-refractivity contribution in [1.82, 2.24) is 20.0 Å². The number of hydrogen-bond acceptors (Lipinski definition) is 4. The summed E-state index contributed by atoms with van der Waals surface area (Å²) in [5, 5.41) is 7.08. The van der Waals surface area contributed by atoms with Crippen molar-refractivity contribution in [1.29, 1.82) is 0 Å². The molecule has 2 heterocycles. The summed E-state index contributed by atoms with van der Waals surface area (Å²) in [6.07, 6.45) is -2.28. The van der Waals surface area contributed by atoms with Crippen LogP contribution in [0.25, 0.3) is 0 Å². The summed E-state index contributed by atoms with van der Waals surface area (Å²) < 4.78 is 40.2. The highest BCUT2D eigenvalue weighted by molar-refractivity contribution is 6.11. The number of aromatic nitrogens is 2. The number of H-pyrrole nitrogens is 1. The minimum Gasteiger partial charge on any atom is -0.340 e. The van der Waals surface area contributed by atoms with Crippen LogP contribution in [0.1, 0.15) is 61.5 Å². The molecular formula is C24H27F3N4O3. The standard InChI is InChI=1S/C24H27F3N4O3/c1-3-5-17-11-18(29-28-17)14-30(2)20(32)12-23(13-21(33)31(22(23)34)19-8-9-19)15-6-4-7-16(10-15)24(25,26)27/h4,6-7,10-11,19H,3,5,8-9,12-14H2,1-2H3,(H,28,29)/t23-/m0/s1. The maximum absolute atomic E-state index is 13.5. The third kappa shape index (κ3) is 4.58. The molecule has 1 aliphatic carbocycles. The van der Waals surface area contributed by atoms with E-state index in [1.165, 1.54) is 17.0 Å². The van der Waals surface area contributed by atoms with Crippen molar-refractivity contribution < 1.29 is 27.6 Å². The summed E-state index contributed by atoms with van der Waals surface area (Å²) in [4.78, 5) is 42.1. The highest BCUT2D eigenvalue weighted by Crippen LogP contribution is 2.45. The SMILES string of the molecule is CCCc1cc(CN(C)C(=O)C[C@@]2(c3cccc(C(F)(F)F)c3)CC(=O)N(C3CC3)C2=O)[nH]n1. The summed E-state index contributed by atoms with van der Waals surface area (Å²) in [5.41, 5.74) is -0.960. The van der Waals surface area contributed by atoms with Gasteiger partial charge in [-0.05, 0) is 37.0 Å². The number of alkyl halides is 3. The first-order chi connectivity index (χ1) is 16.0. The van der Waals surface area contributed by atoms with Gasteiger partial charge in [-0.15, -0.1) is 0 Å². The van der Waals surface area contributed by atoms with E-state index in [0.717, 1.165) is 35.6 Å². The predicted octanol–water partition coefficient (Wildman–Crippen LogP) is 3.59. The van der Waals surface area contributed by atoms with Crippen LogP contribution in [0, 0.1) is 0 Å². The molecule has 2 aromatic rings. The molecule has 1 N–H and O–H groups in total. The number of carbonyl (C=O) groups is 3. The smallest absolute Gasteiger partial charge is 0.340 e. The number of nitrogens with zero attached hydrogens (tertiary/aromatic N) is 3. The van der Waals surface area contributed by atoms with Gasteiger partial charge in [0.15, 0.2) is 0 Å². The second-order valence-electron chi connectivity index (χ2n) is 9.20. The van der Waals surface area contributed by atoms with Crippen LogP contribution in [0.15, 0.2) is 30.3 Å². The van der Waals surface area contributed by atoms with Gasteiger partial charge in [-0.2, -0.15) is 18.3 Å². The van der Waals surface area contributed by atoms with Crippen molar-refractivity contribution in [2.45, 2.75) is 69.6 Å². The Labute approximate surface area is 195 Å². The third-order valence-electron chi connectivity index (χ3n) is 6.48. The van der Waals surface area contributed by atoms with Crippen molar-refractivity contribution in [2.24, 2.45) is 0 Å². The molecule has 3 amide bonds. The summed E-state index contributed by atoms with van der Waals surface area (Å²) in [7, 11) is 1.56. The van der Waals surface area contributed by atoms with Crippen LogP contribution in [0.5, 0.6) is 0 Å². The molecule has 10 heteroatoms. The maximum atomic E-state index is 13.5. The van der Waals surface area contributed by atoms with Crippen LogP contribution in [0.2, 0.25) is 0 Å². The summed E-state index contributed by atoms with van der Waals surface area (Å²) >= 11 is 0. The molecule has 1 saturated heterocycles. The van der Waals surface area contributed by atoms with Crippen molar-refractivity contribution in [2.75, 3.05) is 7.05 Å². The summed E-state index contributed by atoms with van der Waals surface area (Å²) in [5.74, 6) is -1.48. The lowest BCUT2D eigenvalue weighted by atomic mass is 9.75. The van der Waals surface area contributed by atoms with Crippen LogP contribution >= 0.6 is 0 Å². The topological polar surface area (TPSA) is 86.4 Å². The van der Waals surface area contributed by atoms with Gasteiger partial charge >= 0.3 is 6.18 Å². The average molecular weight is 476 g/mol. The Kier molecular flexibility index (Phi) is 6.26. The van der Waals surface area contributed by atoms with Gasteiger partial charge in [-0.1, -0.05) is 31.5 Å². The Morgan fingerprint density at radius 2 is 2.00 bits per heavy atom. The fourth-order valence-corrected chi connectivity index (χ4v) is 4.54. The molecule has 0 unspecified atom stereocenters. The molecule has 0 radical (unpaired) electrons. The number of rotatable bonds is 8. The van der Waals surface area contributed by atoms with Crippen LogP contribution < -0.4 is 0 Å². The molecular weight excluding hydrogens is 449 g/mol. The first-order valence-corrected chi connectivity index (χ1v) is 11.4. The van der Waals surface area contributed by atoms with E-state index in [1.54, 1.807) is 7.05 Å². The van der Waals surface area contributed by atoms with E-state index in [2.05, 4.69) is 10.2 Å². The molecule has 1 saturated carbocycles. The molecule has 182 valence electrons. The van der Waals surface area contributed by atoms with Crippen LogP contribution in [-0.2, 0) is 38.9 Å². The van der Waals surface area contributed by atoms with Crippen LogP contribution in [0.4, 0.5) is 13.2 Å². The normalized spacial score (nSPS) is 20.8. The minimum absolute atomic E-state index is 0.0392. The number of carbonyl (C=O) groups excluding carboxylic acids is 3. The lowest BCUT2D eigenvalue weighted by Crippen LogP contribution is -2.43. The van der Waals surface area contributed by atoms with Gasteiger partial charge in [0.1, 0.15) is 0 Å². The number of nitrogens with one attached hydrogen (secondary N) is 1. The fraction of sp³-hybridized carbons (Fsp3) is 0.500. The Morgan fingerprint density at radius 1 is 1.26 bits per heavy atom. The summed E-state index contributed by atoms with van der Waals surface area (Å²) in [6, 6.07) is 6.04. The van der Waals surface area contributed by atoms with Crippen LogP contribution in [-0.4, -0.2) is 50.8 Å². The zero-order valence-corrected chi connectivity index (χ0v) is 19.1. The zero-order chi connectivity index (χ0) is 24.7. The Balaban J connectivity index is 1.63. The molecule has 1 aromatic heterocycles. The monoisotopic (exact) mass is 476 g/mol. The van der Waals surface area contributed by atoms with Gasteiger partial charge in [0.25, 0.3) is 0 Å². The Hall–Kier alpha value is -3.17. The second kappa shape index (κ2) is 8.88. The number of aromatic amines is 1. The number of halogens is 3. The number of aryl methyl sites for hydroxylation is 1. The van der Waals surface area contributed by atoms with Gasteiger partial charge in [0, 0.05) is 25.9 Å². The molecule has 34 heavy (non-hydrogen) atoms. The van der Waals surface area contributed by atoms with E-state index in [0.29, 0.717) is 18.5 Å². The molecule has 0 spiro atoms. The highest BCUT2D eigenvalue weighted by atomic mass is 19.4. The molecule has 1 aromatic carbocycles. The molecule has 1 aliphatic heterocycles. The number of amides is 3. The van der Waals surface area contributed by atoms with E-state index in [4.69, 9.17) is 0 Å². The predicted molar refractivity (Wildman–Crippen MR) is 116 cm³/mol. The van der Waals surface area contributed by atoms with E-state index in [9.17, 15) is 27.6 Å². The minimum atomic E-state index is -4.61. The quantitative estimate of drug-likeness (QED) is 0.590. The average Bonchev–Trinajstić information content (AvgIpc) is 3.45. The Bertz CT molecular complexity index is 1110. The van der Waals surface area contributed by atoms with E-state index in [-0.39, 0.29) is 24.6 Å². The van der Waals surface area contributed by atoms with Crippen molar-refractivity contribution in [3.8, 4) is 0 Å².